The first-order chi connectivity index (χ1) is 19.2. The lowest BCUT2D eigenvalue weighted by atomic mass is 9.94. The molecule has 1 amide bonds. The Balaban J connectivity index is 1.79. The van der Waals surface area contributed by atoms with Gasteiger partial charge in [0.25, 0.3) is 5.78 Å². The van der Waals surface area contributed by atoms with E-state index in [2.05, 4.69) is 9.97 Å². The number of ether oxygens (including phenoxy) is 4. The molecule has 1 unspecified atom stereocenters. The number of aliphatic hydroxyl groups is 1. The predicted octanol–water partition coefficient (Wildman–Crippen LogP) is 5.19. The maximum absolute atomic E-state index is 13.7. The predicted molar refractivity (Wildman–Crippen MR) is 150 cm³/mol. The molecule has 1 aliphatic rings. The number of aromatic nitrogens is 2. The van der Waals surface area contributed by atoms with Crippen molar-refractivity contribution in [1.82, 2.24) is 9.97 Å². The van der Waals surface area contributed by atoms with Gasteiger partial charge in [-0.15, -0.1) is 0 Å². The summed E-state index contributed by atoms with van der Waals surface area (Å²) < 4.78 is 21.6. The molecular formula is C29H26ClN3O7. The van der Waals surface area contributed by atoms with Gasteiger partial charge in [-0.2, -0.15) is 0 Å². The van der Waals surface area contributed by atoms with Gasteiger partial charge < -0.3 is 29.0 Å². The highest BCUT2D eigenvalue weighted by molar-refractivity contribution is 6.51. The number of Topliss-reactive ketones (excluding diaryl/α,β-unsaturated/α-hetero) is 1. The van der Waals surface area contributed by atoms with Gasteiger partial charge in [0.05, 0.1) is 61.7 Å². The molecule has 1 atom stereocenters. The maximum atomic E-state index is 13.7. The zero-order valence-corrected chi connectivity index (χ0v) is 23.1. The zero-order valence-electron chi connectivity index (χ0n) is 22.4. The Morgan fingerprint density at radius 1 is 0.900 bits per heavy atom. The Bertz CT molecular complexity index is 1690. The number of methoxy groups -OCH3 is 4. The Morgan fingerprint density at radius 2 is 1.60 bits per heavy atom. The molecule has 11 heteroatoms. The Hall–Kier alpha value is -4.70. The molecule has 40 heavy (non-hydrogen) atoms. The van der Waals surface area contributed by atoms with Crippen LogP contribution >= 0.6 is 11.6 Å². The number of carbonyl (C=O) groups excluding carboxylic acids is 2. The van der Waals surface area contributed by atoms with Gasteiger partial charge in [0, 0.05) is 6.07 Å². The highest BCUT2D eigenvalue weighted by Crippen LogP contribution is 2.45. The third-order valence-electron chi connectivity index (χ3n) is 6.75. The molecule has 206 valence electrons. The summed E-state index contributed by atoms with van der Waals surface area (Å²) in [6, 6.07) is 12.4. The van der Waals surface area contributed by atoms with E-state index in [1.807, 2.05) is 25.1 Å². The number of hydrogen-bond acceptors (Lipinski definition) is 8. The van der Waals surface area contributed by atoms with Gasteiger partial charge in [-0.1, -0.05) is 23.7 Å². The summed E-state index contributed by atoms with van der Waals surface area (Å²) in [5, 5.41) is 11.9. The van der Waals surface area contributed by atoms with Gasteiger partial charge in [-0.25, -0.2) is 4.98 Å². The monoisotopic (exact) mass is 563 g/mol. The number of nitrogens with one attached hydrogen (secondary N) is 1. The molecule has 1 saturated heterocycles. The van der Waals surface area contributed by atoms with E-state index in [-0.39, 0.29) is 33.6 Å². The largest absolute Gasteiger partial charge is 0.507 e. The normalized spacial score (nSPS) is 16.4. The fourth-order valence-electron chi connectivity index (χ4n) is 4.80. The van der Waals surface area contributed by atoms with Crippen molar-refractivity contribution in [3.05, 3.63) is 75.8 Å². The number of carbonyl (C=O) groups is 2. The minimum absolute atomic E-state index is 0.118. The lowest BCUT2D eigenvalue weighted by Gasteiger charge is -2.24. The van der Waals surface area contributed by atoms with Gasteiger partial charge in [0.2, 0.25) is 5.95 Å². The van der Waals surface area contributed by atoms with Crippen molar-refractivity contribution in [2.75, 3.05) is 33.3 Å². The number of aliphatic hydroxyl groups excluding tert-OH is 1. The zero-order chi connectivity index (χ0) is 28.7. The van der Waals surface area contributed by atoms with E-state index in [1.54, 1.807) is 18.2 Å². The number of ketones is 1. The van der Waals surface area contributed by atoms with E-state index >= 15 is 0 Å². The highest BCUT2D eigenvalue weighted by atomic mass is 35.5. The quantitative estimate of drug-likeness (QED) is 0.179. The molecule has 1 aromatic heterocycles. The average Bonchev–Trinajstić information content (AvgIpc) is 3.49. The van der Waals surface area contributed by atoms with Crippen molar-refractivity contribution < 1.29 is 33.6 Å². The van der Waals surface area contributed by atoms with E-state index in [4.69, 9.17) is 30.5 Å². The Kier molecular flexibility index (Phi) is 7.03. The van der Waals surface area contributed by atoms with Gasteiger partial charge in [0.1, 0.15) is 17.3 Å². The summed E-state index contributed by atoms with van der Waals surface area (Å²) in [4.78, 5) is 36.2. The molecule has 0 radical (unpaired) electrons. The summed E-state index contributed by atoms with van der Waals surface area (Å²) in [7, 11) is 5.80. The van der Waals surface area contributed by atoms with Gasteiger partial charge >= 0.3 is 5.91 Å². The fourth-order valence-corrected chi connectivity index (χ4v) is 5.03. The molecule has 5 rings (SSSR count). The minimum atomic E-state index is -1.09. The summed E-state index contributed by atoms with van der Waals surface area (Å²) >= 11 is 6.27. The van der Waals surface area contributed by atoms with Gasteiger partial charge in [0.15, 0.2) is 11.5 Å². The number of anilines is 1. The number of imidazole rings is 1. The second-order valence-electron chi connectivity index (χ2n) is 9.05. The SMILES string of the molecule is COc1cc(/C(O)=C2\C(=O)C(=O)N(c3nc4ccc(C)cc4[nH]3)C2c2ccc(OC)c(OC)c2)c(OC)cc1Cl. The standard InChI is InChI=1S/C29H26ClN3O7/c1-14-6-8-18-19(10-14)32-29(31-18)33-25(15-7-9-20(37-2)23(11-15)40-5)24(27(35)28(33)36)26(34)16-12-22(39-4)17(30)13-21(16)38-3/h6-13,25,34H,1-5H3,(H,31,32)/b26-24+. The third-order valence-corrected chi connectivity index (χ3v) is 7.05. The number of rotatable bonds is 7. The summed E-state index contributed by atoms with van der Waals surface area (Å²) in [5.41, 5.74) is 2.69. The number of aromatic amines is 1. The second-order valence-corrected chi connectivity index (χ2v) is 9.46. The first-order valence-corrected chi connectivity index (χ1v) is 12.5. The van der Waals surface area contributed by atoms with Crippen LogP contribution in [0.4, 0.5) is 5.95 Å². The van der Waals surface area contributed by atoms with Crippen molar-refractivity contribution in [1.29, 1.82) is 0 Å². The molecule has 0 aliphatic carbocycles. The molecule has 10 nitrogen and oxygen atoms in total. The second kappa shape index (κ2) is 10.5. The van der Waals surface area contributed by atoms with E-state index in [9.17, 15) is 14.7 Å². The number of fused-ring (bicyclic) bond motifs is 1. The molecule has 1 aliphatic heterocycles. The third kappa shape index (κ3) is 4.36. The molecule has 2 N–H and O–H groups in total. The minimum Gasteiger partial charge on any atom is -0.507 e. The van der Waals surface area contributed by atoms with Crippen LogP contribution in [0.15, 0.2) is 54.1 Å². The van der Waals surface area contributed by atoms with Crippen molar-refractivity contribution in [3.63, 3.8) is 0 Å². The van der Waals surface area contributed by atoms with Crippen LogP contribution < -0.4 is 23.8 Å². The molecule has 4 aromatic rings. The smallest absolute Gasteiger partial charge is 0.302 e. The van der Waals surface area contributed by atoms with Crippen LogP contribution in [0.25, 0.3) is 16.8 Å². The molecule has 0 spiro atoms. The molecule has 2 heterocycles. The molecule has 1 fully saturated rings. The maximum Gasteiger partial charge on any atom is 0.302 e. The lowest BCUT2D eigenvalue weighted by molar-refractivity contribution is -0.132. The van der Waals surface area contributed by atoms with Crippen LogP contribution in [-0.2, 0) is 9.59 Å². The molecule has 3 aromatic carbocycles. The topological polar surface area (TPSA) is 123 Å². The van der Waals surface area contributed by atoms with Crippen molar-refractivity contribution >= 4 is 46.0 Å². The van der Waals surface area contributed by atoms with Gasteiger partial charge in [-0.3, -0.25) is 14.5 Å². The lowest BCUT2D eigenvalue weighted by Crippen LogP contribution is -2.30. The van der Waals surface area contributed by atoms with Crippen LogP contribution in [0.2, 0.25) is 5.02 Å². The molecular weight excluding hydrogens is 538 g/mol. The van der Waals surface area contributed by atoms with Crippen molar-refractivity contribution in [3.8, 4) is 23.0 Å². The van der Waals surface area contributed by atoms with Crippen LogP contribution in [-0.4, -0.2) is 55.2 Å². The number of benzene rings is 3. The van der Waals surface area contributed by atoms with Gasteiger partial charge in [-0.05, 0) is 48.4 Å². The number of H-pyrrole nitrogens is 1. The Labute approximate surface area is 234 Å². The molecule has 0 saturated carbocycles. The van der Waals surface area contributed by atoms with Crippen LogP contribution in [0.5, 0.6) is 23.0 Å². The number of aryl methyl sites for hydroxylation is 1. The number of amides is 1. The van der Waals surface area contributed by atoms with Crippen LogP contribution in [0, 0.1) is 6.92 Å². The van der Waals surface area contributed by atoms with Crippen LogP contribution in [0.3, 0.4) is 0 Å². The van der Waals surface area contributed by atoms with Crippen molar-refractivity contribution in [2.24, 2.45) is 0 Å². The Morgan fingerprint density at radius 3 is 2.27 bits per heavy atom. The van der Waals surface area contributed by atoms with Crippen LogP contribution in [0.1, 0.15) is 22.7 Å². The van der Waals surface area contributed by atoms with E-state index in [0.29, 0.717) is 28.1 Å². The molecule has 0 bridgehead atoms. The summed E-state index contributed by atoms with van der Waals surface area (Å²) in [6.45, 7) is 1.93. The number of nitrogens with zero attached hydrogens (tertiary/aromatic N) is 2. The van der Waals surface area contributed by atoms with E-state index in [1.165, 1.54) is 45.5 Å². The highest BCUT2D eigenvalue weighted by Gasteiger charge is 2.48. The van der Waals surface area contributed by atoms with E-state index in [0.717, 1.165) is 5.56 Å². The summed E-state index contributed by atoms with van der Waals surface area (Å²) in [6.07, 6.45) is 0. The first kappa shape index (κ1) is 26.9. The summed E-state index contributed by atoms with van der Waals surface area (Å²) in [5.74, 6) is -0.875. The van der Waals surface area contributed by atoms with Crippen molar-refractivity contribution in [2.45, 2.75) is 13.0 Å². The number of halogens is 1. The fraction of sp³-hybridized carbons (Fsp3) is 0.207. The van der Waals surface area contributed by atoms with E-state index < -0.39 is 23.5 Å². The first-order valence-electron chi connectivity index (χ1n) is 12.1. The average molecular weight is 564 g/mol. The number of hydrogen-bond donors (Lipinski definition) is 2.